The largest absolute Gasteiger partial charge is 0.374 e. The first-order valence-electron chi connectivity index (χ1n) is 6.77. The van der Waals surface area contributed by atoms with Gasteiger partial charge in [-0.2, -0.15) is 0 Å². The lowest BCUT2D eigenvalue weighted by atomic mass is 9.75. The zero-order valence-electron chi connectivity index (χ0n) is 11.3. The van der Waals surface area contributed by atoms with E-state index >= 15 is 0 Å². The van der Waals surface area contributed by atoms with Crippen LogP contribution in [0.4, 0.5) is 0 Å². The Kier molecular flexibility index (Phi) is 3.17. The van der Waals surface area contributed by atoms with Crippen molar-refractivity contribution in [2.75, 3.05) is 0 Å². The molecule has 0 radical (unpaired) electrons. The average Bonchev–Trinajstić information content (AvgIpc) is 3.06. The van der Waals surface area contributed by atoms with Crippen molar-refractivity contribution in [2.24, 2.45) is 5.41 Å². The normalized spacial score (nSPS) is 31.1. The summed E-state index contributed by atoms with van der Waals surface area (Å²) in [6, 6.07) is 5.03. The molecule has 3 rings (SSSR count). The molecule has 2 fully saturated rings. The fourth-order valence-corrected chi connectivity index (χ4v) is 2.99. The maximum atomic E-state index is 12.3. The van der Waals surface area contributed by atoms with Gasteiger partial charge in [0, 0.05) is 6.20 Å². The number of ether oxygens (including phenoxy) is 1. The van der Waals surface area contributed by atoms with E-state index in [1.165, 1.54) is 6.20 Å². The van der Waals surface area contributed by atoms with Gasteiger partial charge < -0.3 is 4.74 Å². The third kappa shape index (κ3) is 2.16. The second kappa shape index (κ2) is 4.86. The fourth-order valence-electron chi connectivity index (χ4n) is 2.99. The summed E-state index contributed by atoms with van der Waals surface area (Å²) in [6.45, 7) is 1.89. The van der Waals surface area contributed by atoms with Gasteiger partial charge in [0.05, 0.1) is 17.6 Å². The van der Waals surface area contributed by atoms with E-state index in [9.17, 15) is 9.59 Å². The predicted molar refractivity (Wildman–Crippen MR) is 70.5 cm³/mol. The lowest BCUT2D eigenvalue weighted by molar-refractivity contribution is -0.133. The summed E-state index contributed by atoms with van der Waals surface area (Å²) in [5, 5.41) is 0. The van der Waals surface area contributed by atoms with Gasteiger partial charge in [-0.15, -0.1) is 0 Å². The molecule has 20 heavy (non-hydrogen) atoms. The number of nitrogens with one attached hydrogen (secondary N) is 2. The molecule has 2 saturated heterocycles. The number of hydrazine groups is 1. The van der Waals surface area contributed by atoms with Crippen LogP contribution in [0.15, 0.2) is 24.4 Å². The number of aromatic nitrogens is 1. The number of amides is 2. The Morgan fingerprint density at radius 3 is 2.80 bits per heavy atom. The third-order valence-electron chi connectivity index (χ3n) is 4.18. The predicted octanol–water partition coefficient (Wildman–Crippen LogP) is 0.800. The highest BCUT2D eigenvalue weighted by atomic mass is 16.5. The summed E-state index contributed by atoms with van der Waals surface area (Å²) in [7, 11) is 0. The summed E-state index contributed by atoms with van der Waals surface area (Å²) >= 11 is 0. The Labute approximate surface area is 116 Å². The summed E-state index contributed by atoms with van der Waals surface area (Å²) < 4.78 is 5.71. The van der Waals surface area contributed by atoms with Crippen LogP contribution < -0.4 is 10.9 Å². The first-order chi connectivity index (χ1) is 9.59. The molecule has 0 spiro atoms. The number of hydrogen-bond donors (Lipinski definition) is 2. The van der Waals surface area contributed by atoms with Gasteiger partial charge in [-0.1, -0.05) is 6.07 Å². The lowest BCUT2D eigenvalue weighted by Crippen LogP contribution is -2.51. The quantitative estimate of drug-likeness (QED) is 0.782. The molecule has 3 heterocycles. The molecular weight excluding hydrogens is 258 g/mol. The van der Waals surface area contributed by atoms with E-state index in [-0.39, 0.29) is 23.8 Å². The van der Waals surface area contributed by atoms with Crippen molar-refractivity contribution in [1.29, 1.82) is 0 Å². The highest BCUT2D eigenvalue weighted by molar-refractivity contribution is 5.94. The second-order valence-electron chi connectivity index (χ2n) is 5.57. The van der Waals surface area contributed by atoms with Crippen LogP contribution in [-0.2, 0) is 9.53 Å². The maximum absolute atomic E-state index is 12.3. The zero-order valence-corrected chi connectivity index (χ0v) is 11.3. The topological polar surface area (TPSA) is 80.3 Å². The number of carbonyl (C=O) groups is 2. The van der Waals surface area contributed by atoms with Crippen molar-refractivity contribution in [3.63, 3.8) is 0 Å². The molecular formula is C14H17N3O3. The van der Waals surface area contributed by atoms with Crippen LogP contribution in [0.3, 0.4) is 0 Å². The zero-order chi connectivity index (χ0) is 14.2. The molecule has 0 aliphatic carbocycles. The molecule has 0 aromatic carbocycles. The molecule has 2 amide bonds. The molecule has 106 valence electrons. The molecule has 2 aliphatic rings. The van der Waals surface area contributed by atoms with Crippen molar-refractivity contribution in [3.05, 3.63) is 30.1 Å². The van der Waals surface area contributed by atoms with Gasteiger partial charge in [0.1, 0.15) is 5.69 Å². The lowest BCUT2D eigenvalue weighted by Gasteiger charge is -2.29. The Morgan fingerprint density at radius 2 is 2.20 bits per heavy atom. The minimum atomic E-state index is -0.555. The summed E-state index contributed by atoms with van der Waals surface area (Å²) in [5.74, 6) is -0.624. The summed E-state index contributed by atoms with van der Waals surface area (Å²) in [4.78, 5) is 28.0. The number of fused-ring (bicyclic) bond motifs is 2. The molecule has 6 nitrogen and oxygen atoms in total. The Balaban J connectivity index is 1.59. The number of carbonyl (C=O) groups excluding carboxylic acids is 2. The van der Waals surface area contributed by atoms with E-state index < -0.39 is 11.3 Å². The third-order valence-corrected chi connectivity index (χ3v) is 4.18. The van der Waals surface area contributed by atoms with Crippen LogP contribution in [-0.4, -0.2) is 29.0 Å². The number of nitrogens with zero attached hydrogens (tertiary/aromatic N) is 1. The van der Waals surface area contributed by atoms with Gasteiger partial charge in [-0.25, -0.2) is 0 Å². The van der Waals surface area contributed by atoms with Crippen LogP contribution >= 0.6 is 0 Å². The Bertz CT molecular complexity index is 534. The number of rotatable bonds is 2. The smallest absolute Gasteiger partial charge is 0.288 e. The van der Waals surface area contributed by atoms with E-state index in [4.69, 9.17) is 4.74 Å². The van der Waals surface area contributed by atoms with E-state index in [2.05, 4.69) is 15.8 Å². The minimum Gasteiger partial charge on any atom is -0.374 e. The molecule has 2 N–H and O–H groups in total. The monoisotopic (exact) mass is 275 g/mol. The first kappa shape index (κ1) is 13.1. The van der Waals surface area contributed by atoms with Crippen molar-refractivity contribution in [1.82, 2.24) is 15.8 Å². The molecule has 1 aromatic rings. The van der Waals surface area contributed by atoms with Crippen LogP contribution in [0, 0.1) is 5.41 Å². The molecule has 2 bridgehead atoms. The van der Waals surface area contributed by atoms with Crippen LogP contribution in [0.2, 0.25) is 0 Å². The van der Waals surface area contributed by atoms with Crippen LogP contribution in [0.1, 0.15) is 36.7 Å². The van der Waals surface area contributed by atoms with Gasteiger partial charge in [0.2, 0.25) is 5.91 Å². The van der Waals surface area contributed by atoms with Gasteiger partial charge >= 0.3 is 0 Å². The molecule has 1 aromatic heterocycles. The summed E-state index contributed by atoms with van der Waals surface area (Å²) in [6.07, 6.45) is 4.31. The Morgan fingerprint density at radius 1 is 1.35 bits per heavy atom. The van der Waals surface area contributed by atoms with E-state index in [0.29, 0.717) is 6.42 Å². The SMILES string of the molecule is C[C@]1(C(=O)NNC(=O)c2ccccn2)C[C@H]2CC[C@@H]1O2. The van der Waals surface area contributed by atoms with E-state index in [0.717, 1.165) is 12.8 Å². The molecule has 6 heteroatoms. The van der Waals surface area contributed by atoms with Crippen molar-refractivity contribution in [3.8, 4) is 0 Å². The van der Waals surface area contributed by atoms with Crippen molar-refractivity contribution >= 4 is 11.8 Å². The molecule has 0 saturated carbocycles. The second-order valence-corrected chi connectivity index (χ2v) is 5.57. The van der Waals surface area contributed by atoms with Crippen molar-refractivity contribution in [2.45, 2.75) is 38.4 Å². The van der Waals surface area contributed by atoms with Gasteiger partial charge in [-0.05, 0) is 38.3 Å². The summed E-state index contributed by atoms with van der Waals surface area (Å²) in [5.41, 5.74) is 4.60. The van der Waals surface area contributed by atoms with E-state index in [1.54, 1.807) is 18.2 Å². The van der Waals surface area contributed by atoms with Gasteiger partial charge in [0.15, 0.2) is 0 Å². The van der Waals surface area contributed by atoms with Crippen molar-refractivity contribution < 1.29 is 14.3 Å². The number of pyridine rings is 1. The number of hydrogen-bond acceptors (Lipinski definition) is 4. The van der Waals surface area contributed by atoms with Gasteiger partial charge in [0.25, 0.3) is 5.91 Å². The minimum absolute atomic E-state index is 0.0424. The molecule has 0 unspecified atom stereocenters. The molecule has 3 atom stereocenters. The Hall–Kier alpha value is -1.95. The van der Waals surface area contributed by atoms with Crippen LogP contribution in [0.25, 0.3) is 0 Å². The average molecular weight is 275 g/mol. The standard InChI is InChI=1S/C14H17N3O3/c1-14(8-9-5-6-11(14)20-9)13(19)17-16-12(18)10-4-2-3-7-15-10/h2-4,7,9,11H,5-6,8H2,1H3,(H,16,18)(H,17,19)/t9-,11+,14+/m1/s1. The fraction of sp³-hybridized carbons (Fsp3) is 0.500. The van der Waals surface area contributed by atoms with Gasteiger partial charge in [-0.3, -0.25) is 25.4 Å². The van der Waals surface area contributed by atoms with E-state index in [1.807, 2.05) is 6.92 Å². The van der Waals surface area contributed by atoms with Crippen LogP contribution in [0.5, 0.6) is 0 Å². The maximum Gasteiger partial charge on any atom is 0.288 e. The molecule has 2 aliphatic heterocycles. The highest BCUT2D eigenvalue weighted by Crippen LogP contribution is 2.47. The first-order valence-corrected chi connectivity index (χ1v) is 6.77. The highest BCUT2D eigenvalue weighted by Gasteiger charge is 2.53.